The van der Waals surface area contributed by atoms with Gasteiger partial charge in [-0.2, -0.15) is 0 Å². The summed E-state index contributed by atoms with van der Waals surface area (Å²) in [4.78, 5) is 12.1. The molecule has 0 atom stereocenters. The first kappa shape index (κ1) is 18.1. The standard InChI is InChI=1S/C18H19N3O4S/c1-19-26(23,24)12-14-8-6-13(7-9-14)11-20-18(22)10-16-15-4-2-3-5-17(15)25-21-16/h2-9,19H,10-12H2,1H3,(H,20,22). The predicted molar refractivity (Wildman–Crippen MR) is 97.7 cm³/mol. The van der Waals surface area contributed by atoms with Gasteiger partial charge in [0.15, 0.2) is 5.58 Å². The zero-order chi connectivity index (χ0) is 18.6. The quantitative estimate of drug-likeness (QED) is 0.657. The summed E-state index contributed by atoms with van der Waals surface area (Å²) in [5.74, 6) is -0.235. The molecule has 0 saturated heterocycles. The first-order valence-electron chi connectivity index (χ1n) is 8.06. The van der Waals surface area contributed by atoms with Crippen LogP contribution in [0, 0.1) is 0 Å². The van der Waals surface area contributed by atoms with Gasteiger partial charge in [0.1, 0.15) is 5.69 Å². The number of hydrogen-bond acceptors (Lipinski definition) is 5. The topological polar surface area (TPSA) is 101 Å². The zero-order valence-electron chi connectivity index (χ0n) is 14.2. The normalized spacial score (nSPS) is 11.6. The van der Waals surface area contributed by atoms with Crippen molar-refractivity contribution in [2.75, 3.05) is 7.05 Å². The van der Waals surface area contributed by atoms with E-state index in [1.165, 1.54) is 7.05 Å². The minimum absolute atomic E-state index is 0.0740. The Bertz CT molecular complexity index is 1010. The molecule has 0 spiro atoms. The molecule has 0 saturated carbocycles. The molecule has 3 aromatic rings. The molecule has 1 aromatic heterocycles. The highest BCUT2D eigenvalue weighted by molar-refractivity contribution is 7.88. The van der Waals surface area contributed by atoms with E-state index in [-0.39, 0.29) is 18.1 Å². The minimum atomic E-state index is -3.29. The van der Waals surface area contributed by atoms with Crippen LogP contribution in [0.4, 0.5) is 0 Å². The fourth-order valence-electron chi connectivity index (χ4n) is 2.53. The lowest BCUT2D eigenvalue weighted by molar-refractivity contribution is -0.120. The SMILES string of the molecule is CNS(=O)(=O)Cc1ccc(CNC(=O)Cc2noc3ccccc23)cc1. The summed E-state index contributed by atoms with van der Waals surface area (Å²) in [7, 11) is -1.91. The van der Waals surface area contributed by atoms with Crippen LogP contribution in [-0.4, -0.2) is 26.5 Å². The first-order valence-corrected chi connectivity index (χ1v) is 9.71. The van der Waals surface area contributed by atoms with Crippen LogP contribution in [0.2, 0.25) is 0 Å². The van der Waals surface area contributed by atoms with Gasteiger partial charge < -0.3 is 9.84 Å². The van der Waals surface area contributed by atoms with Crippen LogP contribution in [0.3, 0.4) is 0 Å². The average molecular weight is 373 g/mol. The molecule has 1 amide bonds. The Balaban J connectivity index is 1.56. The van der Waals surface area contributed by atoms with Crippen LogP contribution in [0.15, 0.2) is 53.1 Å². The number of amides is 1. The van der Waals surface area contributed by atoms with Crippen LogP contribution in [0.25, 0.3) is 11.0 Å². The lowest BCUT2D eigenvalue weighted by Gasteiger charge is -2.06. The second-order valence-electron chi connectivity index (χ2n) is 5.86. The monoisotopic (exact) mass is 373 g/mol. The molecule has 3 rings (SSSR count). The molecule has 8 heteroatoms. The lowest BCUT2D eigenvalue weighted by Crippen LogP contribution is -2.24. The number of fused-ring (bicyclic) bond motifs is 1. The number of nitrogens with zero attached hydrogens (tertiary/aromatic N) is 1. The van der Waals surface area contributed by atoms with Gasteiger partial charge >= 0.3 is 0 Å². The van der Waals surface area contributed by atoms with Crippen molar-refractivity contribution in [3.8, 4) is 0 Å². The Morgan fingerprint density at radius 1 is 1.08 bits per heavy atom. The Morgan fingerprint density at radius 3 is 2.50 bits per heavy atom. The zero-order valence-corrected chi connectivity index (χ0v) is 15.0. The minimum Gasteiger partial charge on any atom is -0.356 e. The van der Waals surface area contributed by atoms with E-state index >= 15 is 0 Å². The summed E-state index contributed by atoms with van der Waals surface area (Å²) in [5.41, 5.74) is 2.82. The van der Waals surface area contributed by atoms with Gasteiger partial charge in [-0.3, -0.25) is 4.79 Å². The molecule has 0 aliphatic rings. The molecule has 2 aromatic carbocycles. The number of carbonyl (C=O) groups excluding carboxylic acids is 1. The van der Waals surface area contributed by atoms with Crippen molar-refractivity contribution in [2.45, 2.75) is 18.7 Å². The molecular formula is C18H19N3O4S. The largest absolute Gasteiger partial charge is 0.356 e. The summed E-state index contributed by atoms with van der Waals surface area (Å²) >= 11 is 0. The van der Waals surface area contributed by atoms with Gasteiger partial charge in [-0.1, -0.05) is 41.6 Å². The third kappa shape index (κ3) is 4.47. The maximum absolute atomic E-state index is 12.1. The Labute approximate surface area is 151 Å². The molecule has 26 heavy (non-hydrogen) atoms. The van der Waals surface area contributed by atoms with Gasteiger partial charge in [0.05, 0.1) is 12.2 Å². The maximum atomic E-state index is 12.1. The molecule has 0 aliphatic carbocycles. The van der Waals surface area contributed by atoms with Crippen molar-refractivity contribution >= 4 is 26.9 Å². The van der Waals surface area contributed by atoms with Gasteiger partial charge in [-0.05, 0) is 30.3 Å². The van der Waals surface area contributed by atoms with Gasteiger partial charge in [-0.15, -0.1) is 0 Å². The van der Waals surface area contributed by atoms with Crippen molar-refractivity contribution in [2.24, 2.45) is 0 Å². The van der Waals surface area contributed by atoms with E-state index in [1.807, 2.05) is 18.2 Å². The molecule has 2 N–H and O–H groups in total. The molecule has 0 radical (unpaired) electrons. The Morgan fingerprint density at radius 2 is 1.77 bits per heavy atom. The summed E-state index contributed by atoms with van der Waals surface area (Å²) < 4.78 is 30.5. The summed E-state index contributed by atoms with van der Waals surface area (Å²) in [6.45, 7) is 0.355. The van der Waals surface area contributed by atoms with Crippen LogP contribution >= 0.6 is 0 Å². The maximum Gasteiger partial charge on any atom is 0.226 e. The van der Waals surface area contributed by atoms with Gasteiger partial charge in [-0.25, -0.2) is 13.1 Å². The van der Waals surface area contributed by atoms with Crippen molar-refractivity contribution in [3.63, 3.8) is 0 Å². The molecule has 0 fully saturated rings. The van der Waals surface area contributed by atoms with Crippen LogP contribution in [0.1, 0.15) is 16.8 Å². The van der Waals surface area contributed by atoms with E-state index < -0.39 is 10.0 Å². The van der Waals surface area contributed by atoms with Gasteiger partial charge in [0.25, 0.3) is 0 Å². The summed E-state index contributed by atoms with van der Waals surface area (Å²) in [6, 6.07) is 14.5. The lowest BCUT2D eigenvalue weighted by atomic mass is 10.1. The van der Waals surface area contributed by atoms with E-state index in [4.69, 9.17) is 4.52 Å². The number of benzene rings is 2. The highest BCUT2D eigenvalue weighted by atomic mass is 32.2. The summed E-state index contributed by atoms with van der Waals surface area (Å²) in [6.07, 6.45) is 0.134. The number of para-hydroxylation sites is 1. The second kappa shape index (κ2) is 7.67. The van der Waals surface area contributed by atoms with E-state index in [0.717, 1.165) is 10.9 Å². The van der Waals surface area contributed by atoms with E-state index in [0.29, 0.717) is 23.4 Å². The molecule has 7 nitrogen and oxygen atoms in total. The van der Waals surface area contributed by atoms with Crippen molar-refractivity contribution < 1.29 is 17.7 Å². The molecule has 0 bridgehead atoms. The van der Waals surface area contributed by atoms with Crippen LogP contribution < -0.4 is 10.0 Å². The Kier molecular flexibility index (Phi) is 5.34. The van der Waals surface area contributed by atoms with Crippen LogP contribution in [-0.2, 0) is 33.5 Å². The number of nitrogens with one attached hydrogen (secondary N) is 2. The third-order valence-corrected chi connectivity index (χ3v) is 5.30. The fraction of sp³-hybridized carbons (Fsp3) is 0.222. The average Bonchev–Trinajstić information content (AvgIpc) is 3.04. The van der Waals surface area contributed by atoms with Crippen molar-refractivity contribution in [1.82, 2.24) is 15.2 Å². The molecular weight excluding hydrogens is 354 g/mol. The highest BCUT2D eigenvalue weighted by Gasteiger charge is 2.12. The molecule has 0 unspecified atom stereocenters. The van der Waals surface area contributed by atoms with Crippen molar-refractivity contribution in [3.05, 3.63) is 65.4 Å². The molecule has 136 valence electrons. The van der Waals surface area contributed by atoms with E-state index in [9.17, 15) is 13.2 Å². The second-order valence-corrected chi connectivity index (χ2v) is 7.79. The number of carbonyl (C=O) groups is 1. The number of aromatic nitrogens is 1. The number of sulfonamides is 1. The fourth-order valence-corrected chi connectivity index (χ4v) is 3.30. The molecule has 0 aliphatic heterocycles. The van der Waals surface area contributed by atoms with E-state index in [1.54, 1.807) is 30.3 Å². The van der Waals surface area contributed by atoms with Gasteiger partial charge in [0, 0.05) is 11.9 Å². The van der Waals surface area contributed by atoms with Crippen LogP contribution in [0.5, 0.6) is 0 Å². The Hall–Kier alpha value is -2.71. The predicted octanol–water partition coefficient (Wildman–Crippen LogP) is 1.74. The highest BCUT2D eigenvalue weighted by Crippen LogP contribution is 2.18. The van der Waals surface area contributed by atoms with Crippen molar-refractivity contribution in [1.29, 1.82) is 0 Å². The smallest absolute Gasteiger partial charge is 0.226 e. The first-order chi connectivity index (χ1) is 12.5. The van der Waals surface area contributed by atoms with E-state index in [2.05, 4.69) is 15.2 Å². The number of hydrogen-bond donors (Lipinski definition) is 2. The summed E-state index contributed by atoms with van der Waals surface area (Å²) in [5, 5.41) is 7.61. The third-order valence-electron chi connectivity index (χ3n) is 3.96. The van der Waals surface area contributed by atoms with Gasteiger partial charge in [0.2, 0.25) is 15.9 Å². The number of rotatable bonds is 7. The molecule has 1 heterocycles.